The van der Waals surface area contributed by atoms with Gasteiger partial charge < -0.3 is 14.7 Å². The third-order valence-electron chi connectivity index (χ3n) is 6.05. The maximum Gasteiger partial charge on any atom is 0.225 e. The van der Waals surface area contributed by atoms with Crippen molar-refractivity contribution in [2.24, 2.45) is 5.92 Å². The number of hydrogen-bond donors (Lipinski definition) is 0. The van der Waals surface area contributed by atoms with E-state index in [1.807, 2.05) is 18.5 Å². The number of piperidine rings is 1. The van der Waals surface area contributed by atoms with Gasteiger partial charge in [-0.2, -0.15) is 0 Å². The molecule has 4 heterocycles. The summed E-state index contributed by atoms with van der Waals surface area (Å²) in [5, 5.41) is 0. The minimum absolute atomic E-state index is 0.801. The predicted molar refractivity (Wildman–Crippen MR) is 113 cm³/mol. The highest BCUT2D eigenvalue weighted by molar-refractivity contribution is 5.62. The number of anilines is 2. The van der Waals surface area contributed by atoms with Gasteiger partial charge in [-0.3, -0.25) is 0 Å². The molecule has 2 fully saturated rings. The van der Waals surface area contributed by atoms with Crippen LogP contribution in [-0.4, -0.2) is 70.6 Å². The van der Waals surface area contributed by atoms with E-state index in [9.17, 15) is 0 Å². The maximum absolute atomic E-state index is 4.83. The molecule has 0 bridgehead atoms. The van der Waals surface area contributed by atoms with E-state index >= 15 is 0 Å². The van der Waals surface area contributed by atoms with Crippen molar-refractivity contribution >= 4 is 11.9 Å². The second-order valence-corrected chi connectivity index (χ2v) is 8.00. The van der Waals surface area contributed by atoms with Gasteiger partial charge in [-0.25, -0.2) is 19.9 Å². The van der Waals surface area contributed by atoms with E-state index in [0.29, 0.717) is 0 Å². The van der Waals surface area contributed by atoms with E-state index in [1.54, 1.807) is 0 Å². The van der Waals surface area contributed by atoms with Crippen LogP contribution in [0.2, 0.25) is 0 Å². The Balaban J connectivity index is 1.51. The van der Waals surface area contributed by atoms with Crippen molar-refractivity contribution in [1.29, 1.82) is 0 Å². The summed E-state index contributed by atoms with van der Waals surface area (Å²) < 4.78 is 0. The lowest BCUT2D eigenvalue weighted by Crippen LogP contribution is -2.46. The van der Waals surface area contributed by atoms with E-state index in [4.69, 9.17) is 9.97 Å². The van der Waals surface area contributed by atoms with Crippen molar-refractivity contribution in [2.75, 3.05) is 55.6 Å². The molecule has 0 N–H and O–H groups in total. The van der Waals surface area contributed by atoms with Crippen LogP contribution in [0.25, 0.3) is 11.3 Å². The van der Waals surface area contributed by atoms with Gasteiger partial charge >= 0.3 is 0 Å². The Labute approximate surface area is 167 Å². The standard InChI is InChI=1S/C21H31N7/c1-4-26-11-13-28(14-12-26)20-22-8-5-19(25-20)18-15-23-21(24-17(18)3)27-9-6-16(2)7-10-27/h5,8,15-16H,4,6-7,9-14H2,1-3H3. The smallest absolute Gasteiger partial charge is 0.225 e. The molecule has 0 aromatic carbocycles. The van der Waals surface area contributed by atoms with Crippen molar-refractivity contribution in [3.05, 3.63) is 24.2 Å². The lowest BCUT2D eigenvalue weighted by atomic mass is 10.00. The highest BCUT2D eigenvalue weighted by Gasteiger charge is 2.20. The molecule has 0 spiro atoms. The number of hydrogen-bond acceptors (Lipinski definition) is 7. The monoisotopic (exact) mass is 381 g/mol. The largest absolute Gasteiger partial charge is 0.341 e. The van der Waals surface area contributed by atoms with Gasteiger partial charge in [-0.15, -0.1) is 0 Å². The first-order valence-electron chi connectivity index (χ1n) is 10.5. The Bertz CT molecular complexity index is 793. The fraction of sp³-hybridized carbons (Fsp3) is 0.619. The predicted octanol–water partition coefficient (Wildman–Crippen LogP) is 2.62. The fourth-order valence-electron chi connectivity index (χ4n) is 3.98. The molecule has 2 aliphatic rings. The summed E-state index contributed by atoms with van der Waals surface area (Å²) in [5.74, 6) is 2.45. The minimum atomic E-state index is 0.801. The molecule has 2 saturated heterocycles. The zero-order valence-corrected chi connectivity index (χ0v) is 17.3. The molecule has 0 saturated carbocycles. The van der Waals surface area contributed by atoms with Crippen LogP contribution in [0.4, 0.5) is 11.9 Å². The minimum Gasteiger partial charge on any atom is -0.341 e. The zero-order chi connectivity index (χ0) is 19.5. The Morgan fingerprint density at radius 1 is 0.929 bits per heavy atom. The van der Waals surface area contributed by atoms with Crippen molar-refractivity contribution < 1.29 is 0 Å². The van der Waals surface area contributed by atoms with Gasteiger partial charge in [0.2, 0.25) is 11.9 Å². The molecule has 2 aliphatic heterocycles. The van der Waals surface area contributed by atoms with Gasteiger partial charge in [-0.05, 0) is 38.3 Å². The van der Waals surface area contributed by atoms with Crippen LogP contribution in [0.15, 0.2) is 18.5 Å². The van der Waals surface area contributed by atoms with E-state index in [-0.39, 0.29) is 0 Å². The Hall–Kier alpha value is -2.28. The number of rotatable bonds is 4. The second-order valence-electron chi connectivity index (χ2n) is 8.00. The lowest BCUT2D eigenvalue weighted by molar-refractivity contribution is 0.270. The SMILES string of the molecule is CCN1CCN(c2nccc(-c3cnc(N4CCC(C)CC4)nc3C)n2)CC1. The molecule has 2 aromatic rings. The molecule has 150 valence electrons. The number of aromatic nitrogens is 4. The summed E-state index contributed by atoms with van der Waals surface area (Å²) in [4.78, 5) is 25.8. The van der Waals surface area contributed by atoms with Crippen LogP contribution in [0.3, 0.4) is 0 Å². The Morgan fingerprint density at radius 2 is 1.61 bits per heavy atom. The molecule has 28 heavy (non-hydrogen) atoms. The van der Waals surface area contributed by atoms with Gasteiger partial charge in [0, 0.05) is 57.2 Å². The fourth-order valence-corrected chi connectivity index (χ4v) is 3.98. The third kappa shape index (κ3) is 4.09. The highest BCUT2D eigenvalue weighted by Crippen LogP contribution is 2.25. The zero-order valence-electron chi connectivity index (χ0n) is 17.3. The normalized spacial score (nSPS) is 19.2. The van der Waals surface area contributed by atoms with Gasteiger partial charge in [0.05, 0.1) is 11.4 Å². The van der Waals surface area contributed by atoms with E-state index in [2.05, 4.69) is 45.4 Å². The molecule has 7 nitrogen and oxygen atoms in total. The van der Waals surface area contributed by atoms with Crippen molar-refractivity contribution in [2.45, 2.75) is 33.6 Å². The molecule has 0 unspecified atom stereocenters. The van der Waals surface area contributed by atoms with E-state index < -0.39 is 0 Å². The summed E-state index contributed by atoms with van der Waals surface area (Å²) in [6.45, 7) is 13.8. The van der Waals surface area contributed by atoms with Crippen LogP contribution < -0.4 is 9.80 Å². The summed E-state index contributed by atoms with van der Waals surface area (Å²) in [6, 6.07) is 1.96. The Morgan fingerprint density at radius 3 is 2.29 bits per heavy atom. The number of likely N-dealkylation sites (N-methyl/N-ethyl adjacent to an activating group) is 1. The molecule has 0 aliphatic carbocycles. The molecule has 7 heteroatoms. The Kier molecular flexibility index (Phi) is 5.71. The number of aryl methyl sites for hydroxylation is 1. The molecule has 2 aromatic heterocycles. The van der Waals surface area contributed by atoms with Crippen molar-refractivity contribution in [1.82, 2.24) is 24.8 Å². The molecular formula is C21H31N7. The van der Waals surface area contributed by atoms with Crippen LogP contribution in [0.5, 0.6) is 0 Å². The van der Waals surface area contributed by atoms with Gasteiger partial charge in [0.1, 0.15) is 0 Å². The quantitative estimate of drug-likeness (QED) is 0.807. The van der Waals surface area contributed by atoms with Gasteiger partial charge in [0.15, 0.2) is 0 Å². The van der Waals surface area contributed by atoms with Crippen molar-refractivity contribution in [3.63, 3.8) is 0 Å². The van der Waals surface area contributed by atoms with Gasteiger partial charge in [0.25, 0.3) is 0 Å². The molecular weight excluding hydrogens is 350 g/mol. The van der Waals surface area contributed by atoms with Gasteiger partial charge in [-0.1, -0.05) is 13.8 Å². The average Bonchev–Trinajstić information content (AvgIpc) is 2.74. The summed E-state index contributed by atoms with van der Waals surface area (Å²) >= 11 is 0. The first kappa shape index (κ1) is 19.1. The molecule has 0 amide bonds. The van der Waals surface area contributed by atoms with Crippen LogP contribution >= 0.6 is 0 Å². The van der Waals surface area contributed by atoms with E-state index in [1.165, 1.54) is 12.8 Å². The number of piperazine rings is 1. The second kappa shape index (κ2) is 8.39. The third-order valence-corrected chi connectivity index (χ3v) is 6.05. The first-order chi connectivity index (χ1) is 13.6. The summed E-state index contributed by atoms with van der Waals surface area (Å²) in [6.07, 6.45) is 6.20. The van der Waals surface area contributed by atoms with Crippen LogP contribution in [-0.2, 0) is 0 Å². The summed E-state index contributed by atoms with van der Waals surface area (Å²) in [7, 11) is 0. The first-order valence-corrected chi connectivity index (χ1v) is 10.5. The van der Waals surface area contributed by atoms with E-state index in [0.717, 1.165) is 80.6 Å². The summed E-state index contributed by atoms with van der Waals surface area (Å²) in [5.41, 5.74) is 2.87. The number of nitrogens with zero attached hydrogens (tertiary/aromatic N) is 7. The van der Waals surface area contributed by atoms with Crippen LogP contribution in [0.1, 0.15) is 32.4 Å². The maximum atomic E-state index is 4.83. The topological polar surface area (TPSA) is 61.3 Å². The van der Waals surface area contributed by atoms with Crippen LogP contribution in [0, 0.1) is 12.8 Å². The molecule has 0 atom stereocenters. The average molecular weight is 382 g/mol. The van der Waals surface area contributed by atoms with Crippen molar-refractivity contribution in [3.8, 4) is 11.3 Å². The molecule has 0 radical (unpaired) electrons. The lowest BCUT2D eigenvalue weighted by Gasteiger charge is -2.34. The highest BCUT2D eigenvalue weighted by atomic mass is 15.3. The molecule has 4 rings (SSSR count).